The van der Waals surface area contributed by atoms with Crippen LogP contribution in [0.5, 0.6) is 0 Å². The highest BCUT2D eigenvalue weighted by Gasteiger charge is 2.40. The molecule has 0 aliphatic carbocycles. The van der Waals surface area contributed by atoms with Crippen LogP contribution in [0.4, 0.5) is 64.1 Å². The number of hydrogen-bond donors (Lipinski definition) is 2. The fraction of sp³-hybridized carbons (Fsp3) is 0.250. The number of nitrogen functional groups attached to an aromatic ring is 2. The Kier molecular flexibility index (Phi) is 8.10. The SMILES string of the molecule is Nc1cc(C(F)(F)F)cc(C(F)(F)F)c1Br.Nc1cc(C(F)(F)F)cc(C(F)(F)F)c1Br. The minimum Gasteiger partial charge on any atom is -0.398 e. The Balaban J connectivity index is 0.000000320. The molecule has 0 saturated heterocycles. The minimum absolute atomic E-state index is 0.0143. The van der Waals surface area contributed by atoms with Gasteiger partial charge >= 0.3 is 24.7 Å². The Labute approximate surface area is 187 Å². The summed E-state index contributed by atoms with van der Waals surface area (Å²) in [5.41, 5.74) is 3.17. The summed E-state index contributed by atoms with van der Waals surface area (Å²) in [6.45, 7) is 0. The van der Waals surface area contributed by atoms with Crippen LogP contribution < -0.4 is 11.5 Å². The number of halogens is 14. The molecule has 4 N–H and O–H groups in total. The van der Waals surface area contributed by atoms with Crippen LogP contribution in [0.3, 0.4) is 0 Å². The first kappa shape index (κ1) is 28.2. The molecule has 0 heterocycles. The lowest BCUT2D eigenvalue weighted by atomic mass is 10.1. The highest BCUT2D eigenvalue weighted by Crippen LogP contribution is 2.43. The molecule has 0 atom stereocenters. The van der Waals surface area contributed by atoms with E-state index >= 15 is 0 Å². The Hall–Kier alpha value is -1.84. The van der Waals surface area contributed by atoms with Gasteiger partial charge in [-0.2, -0.15) is 52.7 Å². The molecule has 0 bridgehead atoms. The first-order valence-electron chi connectivity index (χ1n) is 7.53. The molecule has 0 aliphatic heterocycles. The monoisotopic (exact) mass is 614 g/mol. The molecular weight excluding hydrogens is 608 g/mol. The number of hydrogen-bond acceptors (Lipinski definition) is 2. The van der Waals surface area contributed by atoms with Crippen LogP contribution in [0.15, 0.2) is 33.2 Å². The van der Waals surface area contributed by atoms with Gasteiger partial charge in [-0.1, -0.05) is 0 Å². The lowest BCUT2D eigenvalue weighted by molar-refractivity contribution is -0.145. The molecule has 16 heteroatoms. The van der Waals surface area contributed by atoms with Crippen molar-refractivity contribution >= 4 is 43.2 Å². The lowest BCUT2D eigenvalue weighted by Gasteiger charge is -2.14. The largest absolute Gasteiger partial charge is 0.417 e. The molecule has 2 nitrogen and oxygen atoms in total. The number of rotatable bonds is 0. The van der Waals surface area contributed by atoms with E-state index in [0.29, 0.717) is 12.1 Å². The van der Waals surface area contributed by atoms with Crippen molar-refractivity contribution < 1.29 is 52.7 Å². The van der Waals surface area contributed by atoms with E-state index in [1.807, 2.05) is 0 Å². The van der Waals surface area contributed by atoms with Crippen molar-refractivity contribution in [2.75, 3.05) is 11.5 Å². The third-order valence-electron chi connectivity index (χ3n) is 3.47. The van der Waals surface area contributed by atoms with Crippen molar-refractivity contribution in [3.8, 4) is 0 Å². The maximum Gasteiger partial charge on any atom is 0.417 e. The van der Waals surface area contributed by atoms with E-state index in [9.17, 15) is 52.7 Å². The second-order valence-electron chi connectivity index (χ2n) is 5.85. The fourth-order valence-corrected chi connectivity index (χ4v) is 2.94. The van der Waals surface area contributed by atoms with Crippen LogP contribution in [0.25, 0.3) is 0 Å². The molecule has 0 fully saturated rings. The standard InChI is InChI=1S/2C8H4BrF6N/c2*9-6-4(8(13,14)15)1-3(2-5(6)16)7(10,11)12/h2*1-2H,16H2. The van der Waals surface area contributed by atoms with Gasteiger partial charge in [0.05, 0.1) is 31.2 Å². The molecule has 2 aromatic carbocycles. The van der Waals surface area contributed by atoms with Crippen LogP contribution in [-0.4, -0.2) is 0 Å². The molecule has 0 amide bonds. The molecule has 0 saturated carbocycles. The Morgan fingerprint density at radius 3 is 0.906 bits per heavy atom. The van der Waals surface area contributed by atoms with Gasteiger partial charge < -0.3 is 11.5 Å². The summed E-state index contributed by atoms with van der Waals surface area (Å²) in [6.07, 6.45) is -19.5. The van der Waals surface area contributed by atoms with Gasteiger partial charge in [0.2, 0.25) is 0 Å². The quantitative estimate of drug-likeness (QED) is 0.232. The van der Waals surface area contributed by atoms with Crippen LogP contribution in [0.2, 0.25) is 0 Å². The summed E-state index contributed by atoms with van der Waals surface area (Å²) in [7, 11) is 0. The van der Waals surface area contributed by atoms with Crippen molar-refractivity contribution in [3.63, 3.8) is 0 Å². The third kappa shape index (κ3) is 7.08. The van der Waals surface area contributed by atoms with Gasteiger partial charge in [-0.15, -0.1) is 0 Å². The summed E-state index contributed by atoms with van der Waals surface area (Å²) in [6, 6.07) is 0.916. The van der Waals surface area contributed by atoms with Crippen LogP contribution in [-0.2, 0) is 24.7 Å². The summed E-state index contributed by atoms with van der Waals surface area (Å²) in [5, 5.41) is 0. The van der Waals surface area contributed by atoms with Gasteiger partial charge in [0.25, 0.3) is 0 Å². The summed E-state index contributed by atoms with van der Waals surface area (Å²) >= 11 is 5.01. The van der Waals surface area contributed by atoms with E-state index in [-0.39, 0.29) is 12.1 Å². The molecule has 180 valence electrons. The second kappa shape index (κ2) is 9.19. The van der Waals surface area contributed by atoms with Crippen LogP contribution in [0, 0.1) is 0 Å². The minimum atomic E-state index is -4.89. The van der Waals surface area contributed by atoms with Crippen molar-refractivity contribution in [3.05, 3.63) is 55.5 Å². The van der Waals surface area contributed by atoms with E-state index in [4.69, 9.17) is 11.5 Å². The predicted octanol–water partition coefficient (Wildman–Crippen LogP) is 8.14. The molecule has 0 unspecified atom stereocenters. The van der Waals surface area contributed by atoms with Crippen LogP contribution >= 0.6 is 31.9 Å². The summed E-state index contributed by atoms with van der Waals surface area (Å²) in [4.78, 5) is 0. The Morgan fingerprint density at radius 1 is 0.469 bits per heavy atom. The molecule has 2 rings (SSSR count). The first-order valence-corrected chi connectivity index (χ1v) is 9.12. The smallest absolute Gasteiger partial charge is 0.398 e. The van der Waals surface area contributed by atoms with Crippen LogP contribution in [0.1, 0.15) is 22.3 Å². The topological polar surface area (TPSA) is 52.0 Å². The van der Waals surface area contributed by atoms with E-state index in [1.165, 1.54) is 0 Å². The van der Waals surface area contributed by atoms with Gasteiger partial charge in [-0.25, -0.2) is 0 Å². The van der Waals surface area contributed by atoms with Gasteiger partial charge in [0.1, 0.15) is 0 Å². The maximum absolute atomic E-state index is 12.3. The van der Waals surface area contributed by atoms with Crippen molar-refractivity contribution in [2.24, 2.45) is 0 Å². The highest BCUT2D eigenvalue weighted by atomic mass is 79.9. The van der Waals surface area contributed by atoms with Gasteiger partial charge in [-0.05, 0) is 56.1 Å². The first-order chi connectivity index (χ1) is 14.1. The molecule has 0 spiro atoms. The number of alkyl halides is 12. The lowest BCUT2D eigenvalue weighted by Crippen LogP contribution is -2.12. The van der Waals surface area contributed by atoms with E-state index in [1.54, 1.807) is 0 Å². The number of benzene rings is 2. The molecule has 0 aromatic heterocycles. The summed E-state index contributed by atoms with van der Waals surface area (Å²) < 4.78 is 146. The zero-order chi connectivity index (χ0) is 25.4. The number of nitrogens with two attached hydrogens (primary N) is 2. The maximum atomic E-state index is 12.3. The average Bonchev–Trinajstić information content (AvgIpc) is 2.56. The zero-order valence-electron chi connectivity index (χ0n) is 14.8. The van der Waals surface area contributed by atoms with Crippen molar-refractivity contribution in [1.82, 2.24) is 0 Å². The zero-order valence-corrected chi connectivity index (χ0v) is 17.9. The highest BCUT2D eigenvalue weighted by molar-refractivity contribution is 9.11. The molecular formula is C16H8Br2F12N2. The molecule has 32 heavy (non-hydrogen) atoms. The molecule has 0 radical (unpaired) electrons. The fourth-order valence-electron chi connectivity index (χ4n) is 2.03. The van der Waals surface area contributed by atoms with E-state index < -0.39 is 67.3 Å². The Morgan fingerprint density at radius 2 is 0.719 bits per heavy atom. The normalized spacial score (nSPS) is 12.9. The number of anilines is 2. The van der Waals surface area contributed by atoms with E-state index in [0.717, 1.165) is 0 Å². The van der Waals surface area contributed by atoms with Gasteiger partial charge in [0.15, 0.2) is 0 Å². The second-order valence-corrected chi connectivity index (χ2v) is 7.43. The molecule has 0 aliphatic rings. The summed E-state index contributed by atoms with van der Waals surface area (Å²) in [5.74, 6) is 0. The van der Waals surface area contributed by atoms with E-state index in [2.05, 4.69) is 31.9 Å². The van der Waals surface area contributed by atoms with Crippen molar-refractivity contribution in [1.29, 1.82) is 0 Å². The van der Waals surface area contributed by atoms with Gasteiger partial charge in [0, 0.05) is 11.4 Å². The third-order valence-corrected chi connectivity index (χ3v) is 5.24. The van der Waals surface area contributed by atoms with Crippen molar-refractivity contribution in [2.45, 2.75) is 24.7 Å². The predicted molar refractivity (Wildman–Crippen MR) is 97.1 cm³/mol. The molecule has 2 aromatic rings. The van der Waals surface area contributed by atoms with Gasteiger partial charge in [-0.3, -0.25) is 0 Å². The average molecular weight is 616 g/mol. The Bertz CT molecular complexity index is 896.